The number of amides is 1. The molecule has 2 spiro atoms. The molecule has 154 valence electrons. The SMILES string of the molecule is CC(c1ccc(Br)cc1)N1CCC2(CCC3(CC2)OCC(C)(C)CO3)CC1=O. The second kappa shape index (κ2) is 7.41. The molecule has 0 aromatic heterocycles. The highest BCUT2D eigenvalue weighted by Crippen LogP contribution is 2.51. The number of nitrogens with zero attached hydrogens (tertiary/aromatic N) is 1. The lowest BCUT2D eigenvalue weighted by Crippen LogP contribution is -2.53. The molecule has 1 aromatic carbocycles. The van der Waals surface area contributed by atoms with E-state index >= 15 is 0 Å². The monoisotopic (exact) mass is 449 g/mol. The van der Waals surface area contributed by atoms with E-state index in [2.05, 4.69) is 53.7 Å². The lowest BCUT2D eigenvalue weighted by molar-refractivity contribution is -0.317. The van der Waals surface area contributed by atoms with Crippen molar-refractivity contribution in [2.24, 2.45) is 10.8 Å². The van der Waals surface area contributed by atoms with Gasteiger partial charge in [-0.1, -0.05) is 41.9 Å². The third kappa shape index (κ3) is 4.03. The van der Waals surface area contributed by atoms with Crippen LogP contribution in [0.2, 0.25) is 0 Å². The summed E-state index contributed by atoms with van der Waals surface area (Å²) in [6.07, 6.45) is 5.63. The maximum absolute atomic E-state index is 13.1. The Bertz CT molecular complexity index is 710. The number of piperidine rings is 1. The van der Waals surface area contributed by atoms with Gasteiger partial charge in [0.1, 0.15) is 0 Å². The summed E-state index contributed by atoms with van der Waals surface area (Å²) in [7, 11) is 0. The Balaban J connectivity index is 1.37. The fourth-order valence-electron chi connectivity index (χ4n) is 4.94. The average molecular weight is 450 g/mol. The minimum absolute atomic E-state index is 0.102. The molecule has 4 rings (SSSR count). The van der Waals surface area contributed by atoms with Gasteiger partial charge in [0, 0.05) is 35.7 Å². The van der Waals surface area contributed by atoms with Crippen LogP contribution in [0, 0.1) is 10.8 Å². The first kappa shape index (κ1) is 20.4. The highest BCUT2D eigenvalue weighted by atomic mass is 79.9. The fourth-order valence-corrected chi connectivity index (χ4v) is 5.20. The first-order chi connectivity index (χ1) is 13.2. The predicted octanol–water partition coefficient (Wildman–Crippen LogP) is 5.46. The minimum Gasteiger partial charge on any atom is -0.349 e. The van der Waals surface area contributed by atoms with Gasteiger partial charge in [0.05, 0.1) is 19.3 Å². The molecule has 28 heavy (non-hydrogen) atoms. The topological polar surface area (TPSA) is 38.8 Å². The minimum atomic E-state index is -0.397. The normalized spacial score (nSPS) is 27.1. The van der Waals surface area contributed by atoms with Crippen molar-refractivity contribution in [1.82, 2.24) is 4.90 Å². The summed E-state index contributed by atoms with van der Waals surface area (Å²) in [6, 6.07) is 8.44. The quantitative estimate of drug-likeness (QED) is 0.601. The molecule has 3 aliphatic rings. The Morgan fingerprint density at radius 3 is 2.18 bits per heavy atom. The number of carbonyl (C=O) groups excluding carboxylic acids is 1. The molecular weight excluding hydrogens is 418 g/mol. The maximum atomic E-state index is 13.1. The summed E-state index contributed by atoms with van der Waals surface area (Å²) in [5, 5.41) is 0. The number of likely N-dealkylation sites (tertiary alicyclic amines) is 1. The van der Waals surface area contributed by atoms with E-state index < -0.39 is 5.79 Å². The molecule has 0 N–H and O–H groups in total. The van der Waals surface area contributed by atoms with E-state index in [-0.39, 0.29) is 16.9 Å². The van der Waals surface area contributed by atoms with E-state index in [9.17, 15) is 4.79 Å². The standard InChI is InChI=1S/C23H32BrNO3/c1-17(18-4-6-19(24)7-5-18)25-13-12-22(14-20(25)26)8-10-23(11-9-22)27-15-21(2,3)16-28-23/h4-7,17H,8-16H2,1-3H3. The first-order valence-electron chi connectivity index (χ1n) is 10.5. The first-order valence-corrected chi connectivity index (χ1v) is 11.3. The number of hydrogen-bond acceptors (Lipinski definition) is 3. The third-order valence-electron chi connectivity index (χ3n) is 7.07. The summed E-state index contributed by atoms with van der Waals surface area (Å²) in [5.41, 5.74) is 1.43. The van der Waals surface area contributed by atoms with Crippen LogP contribution in [0.3, 0.4) is 0 Å². The van der Waals surface area contributed by atoms with Crippen molar-refractivity contribution in [3.63, 3.8) is 0 Å². The molecule has 1 saturated carbocycles. The molecule has 1 aromatic rings. The second-order valence-electron chi connectivity index (χ2n) is 9.89. The van der Waals surface area contributed by atoms with Gasteiger partial charge in [-0.3, -0.25) is 4.79 Å². The number of carbonyl (C=O) groups is 1. The molecule has 2 saturated heterocycles. The van der Waals surface area contributed by atoms with Gasteiger partial charge in [-0.25, -0.2) is 0 Å². The van der Waals surface area contributed by atoms with Crippen LogP contribution in [0.5, 0.6) is 0 Å². The van der Waals surface area contributed by atoms with Crippen LogP contribution < -0.4 is 0 Å². The van der Waals surface area contributed by atoms with Crippen LogP contribution in [-0.2, 0) is 14.3 Å². The zero-order chi connectivity index (χ0) is 20.0. The van der Waals surface area contributed by atoms with E-state index in [0.29, 0.717) is 12.3 Å². The molecule has 2 aliphatic heterocycles. The van der Waals surface area contributed by atoms with Crippen molar-refractivity contribution in [3.05, 3.63) is 34.3 Å². The van der Waals surface area contributed by atoms with Gasteiger partial charge in [-0.05, 0) is 49.3 Å². The molecule has 0 radical (unpaired) electrons. The third-order valence-corrected chi connectivity index (χ3v) is 7.60. The zero-order valence-corrected chi connectivity index (χ0v) is 18.9. The molecule has 4 nitrogen and oxygen atoms in total. The fraction of sp³-hybridized carbons (Fsp3) is 0.696. The summed E-state index contributed by atoms with van der Waals surface area (Å²) >= 11 is 3.49. The van der Waals surface area contributed by atoms with Crippen molar-refractivity contribution in [2.75, 3.05) is 19.8 Å². The Labute approximate surface area is 177 Å². The van der Waals surface area contributed by atoms with Crippen LogP contribution in [0.4, 0.5) is 0 Å². The van der Waals surface area contributed by atoms with E-state index in [1.165, 1.54) is 5.56 Å². The Hall–Kier alpha value is -0.910. The molecule has 5 heteroatoms. The second-order valence-corrected chi connectivity index (χ2v) is 10.8. The summed E-state index contributed by atoms with van der Waals surface area (Å²) < 4.78 is 13.4. The lowest BCUT2D eigenvalue weighted by atomic mass is 9.66. The van der Waals surface area contributed by atoms with Crippen molar-refractivity contribution in [3.8, 4) is 0 Å². The van der Waals surface area contributed by atoms with Gasteiger partial charge in [0.15, 0.2) is 5.79 Å². The Kier molecular flexibility index (Phi) is 5.39. The van der Waals surface area contributed by atoms with Crippen LogP contribution in [0.25, 0.3) is 0 Å². The molecule has 1 atom stereocenters. The molecule has 1 unspecified atom stereocenters. The predicted molar refractivity (Wildman–Crippen MR) is 113 cm³/mol. The molecular formula is C23H32BrNO3. The van der Waals surface area contributed by atoms with Gasteiger partial charge in [-0.2, -0.15) is 0 Å². The van der Waals surface area contributed by atoms with Gasteiger partial charge < -0.3 is 14.4 Å². The van der Waals surface area contributed by atoms with Crippen LogP contribution in [0.15, 0.2) is 28.7 Å². The average Bonchev–Trinajstić information content (AvgIpc) is 2.67. The molecule has 2 heterocycles. The summed E-state index contributed by atoms with van der Waals surface area (Å²) in [4.78, 5) is 15.1. The van der Waals surface area contributed by atoms with Crippen molar-refractivity contribution >= 4 is 21.8 Å². The van der Waals surface area contributed by atoms with E-state index in [1.807, 2.05) is 12.1 Å². The van der Waals surface area contributed by atoms with Gasteiger partial charge in [-0.15, -0.1) is 0 Å². The lowest BCUT2D eigenvalue weighted by Gasteiger charge is -2.52. The largest absolute Gasteiger partial charge is 0.349 e. The zero-order valence-electron chi connectivity index (χ0n) is 17.3. The summed E-state index contributed by atoms with van der Waals surface area (Å²) in [5.74, 6) is -0.102. The van der Waals surface area contributed by atoms with Crippen molar-refractivity contribution in [1.29, 1.82) is 0 Å². The van der Waals surface area contributed by atoms with Gasteiger partial charge >= 0.3 is 0 Å². The molecule has 1 amide bonds. The highest BCUT2D eigenvalue weighted by Gasteiger charge is 2.50. The molecule has 3 fully saturated rings. The van der Waals surface area contributed by atoms with Crippen LogP contribution >= 0.6 is 15.9 Å². The maximum Gasteiger partial charge on any atom is 0.223 e. The van der Waals surface area contributed by atoms with Gasteiger partial charge in [0.2, 0.25) is 5.91 Å². The molecule has 1 aliphatic carbocycles. The Morgan fingerprint density at radius 2 is 1.61 bits per heavy atom. The Morgan fingerprint density at radius 1 is 1.00 bits per heavy atom. The highest BCUT2D eigenvalue weighted by molar-refractivity contribution is 9.10. The van der Waals surface area contributed by atoms with Gasteiger partial charge in [0.25, 0.3) is 0 Å². The number of hydrogen-bond donors (Lipinski definition) is 0. The molecule has 0 bridgehead atoms. The van der Waals surface area contributed by atoms with Crippen molar-refractivity contribution < 1.29 is 14.3 Å². The van der Waals surface area contributed by atoms with E-state index in [1.54, 1.807) is 0 Å². The van der Waals surface area contributed by atoms with Crippen LogP contribution in [0.1, 0.15) is 70.9 Å². The smallest absolute Gasteiger partial charge is 0.223 e. The van der Waals surface area contributed by atoms with Crippen LogP contribution in [-0.4, -0.2) is 36.4 Å². The number of halogens is 1. The van der Waals surface area contributed by atoms with Crippen molar-refractivity contribution in [2.45, 2.75) is 71.1 Å². The van der Waals surface area contributed by atoms with E-state index in [0.717, 1.165) is 56.3 Å². The number of benzene rings is 1. The van der Waals surface area contributed by atoms with E-state index in [4.69, 9.17) is 9.47 Å². The number of ether oxygens (including phenoxy) is 2. The number of rotatable bonds is 2. The summed E-state index contributed by atoms with van der Waals surface area (Å²) in [6.45, 7) is 8.88.